The average molecular weight is 817 g/mol. The monoisotopic (exact) mass is 816 g/mol. The van der Waals surface area contributed by atoms with Crippen molar-refractivity contribution in [3.63, 3.8) is 0 Å². The quantitative estimate of drug-likeness (QED) is 0.160. The van der Waals surface area contributed by atoms with Crippen molar-refractivity contribution in [1.82, 2.24) is 4.57 Å². The number of rotatable bonds is 7. The van der Waals surface area contributed by atoms with Crippen LogP contribution in [-0.4, -0.2) is 4.57 Å². The molecule has 13 rings (SSSR count). The van der Waals surface area contributed by atoms with Crippen LogP contribution in [0, 0.1) is 0 Å². The summed E-state index contributed by atoms with van der Waals surface area (Å²) in [5.41, 5.74) is 17.7. The van der Waals surface area contributed by atoms with Crippen molar-refractivity contribution in [2.75, 3.05) is 4.90 Å². The summed E-state index contributed by atoms with van der Waals surface area (Å²) in [6.45, 7) is 0. The van der Waals surface area contributed by atoms with Crippen LogP contribution in [0.3, 0.4) is 0 Å². The van der Waals surface area contributed by atoms with Crippen LogP contribution in [0.25, 0.3) is 71.7 Å². The predicted molar refractivity (Wildman–Crippen MR) is 265 cm³/mol. The summed E-state index contributed by atoms with van der Waals surface area (Å²) < 4.78 is 9.10. The van der Waals surface area contributed by atoms with Crippen LogP contribution in [0.4, 0.5) is 17.1 Å². The number of benzene rings is 10. The van der Waals surface area contributed by atoms with E-state index in [2.05, 4.69) is 252 Å². The van der Waals surface area contributed by atoms with Crippen molar-refractivity contribution in [2.45, 2.75) is 5.41 Å². The Labute approximate surface area is 371 Å². The van der Waals surface area contributed by atoms with Gasteiger partial charge in [0.25, 0.3) is 0 Å². The third kappa shape index (κ3) is 5.34. The second kappa shape index (κ2) is 14.3. The van der Waals surface area contributed by atoms with Crippen LogP contribution in [0.15, 0.2) is 247 Å². The van der Waals surface area contributed by atoms with Crippen molar-refractivity contribution >= 4 is 60.8 Å². The van der Waals surface area contributed by atoms with Gasteiger partial charge in [-0.25, -0.2) is 0 Å². The van der Waals surface area contributed by atoms with E-state index >= 15 is 0 Å². The Hall–Kier alpha value is -8.40. The molecule has 3 nitrogen and oxygen atoms in total. The lowest BCUT2D eigenvalue weighted by Crippen LogP contribution is -2.28. The molecule has 0 aliphatic heterocycles. The van der Waals surface area contributed by atoms with E-state index < -0.39 is 5.41 Å². The molecular weight excluding hydrogens is 777 g/mol. The first-order valence-electron chi connectivity index (χ1n) is 22.0. The molecule has 0 amide bonds. The van der Waals surface area contributed by atoms with Crippen molar-refractivity contribution in [3.8, 4) is 27.9 Å². The van der Waals surface area contributed by atoms with E-state index in [0.29, 0.717) is 0 Å². The first-order valence-corrected chi connectivity index (χ1v) is 22.0. The van der Waals surface area contributed by atoms with E-state index in [1.54, 1.807) is 0 Å². The highest BCUT2D eigenvalue weighted by molar-refractivity contribution is 6.15. The molecule has 300 valence electrons. The first-order chi connectivity index (χ1) is 31.8. The van der Waals surface area contributed by atoms with E-state index in [4.69, 9.17) is 4.42 Å². The molecular formula is C61H40N2O. The molecule has 12 aromatic rings. The number of aromatic nitrogens is 1. The lowest BCUT2D eigenvalue weighted by Gasteiger charge is -2.35. The fraction of sp³-hybridized carbons (Fsp3) is 0.0164. The molecule has 0 bridgehead atoms. The standard InChI is InChI=1S/C61H40N2O/c1-4-18-41(19-5-1)42-34-37-58-52(38-42)60-57(32-17-33-59(60)64-58)62(47-35-36-56-51(40-47)50-28-12-15-31-55(50)63(56)45-23-8-3-9-24-45)46-25-16-22-44(39-46)61(43-20-6-2-7-21-43)53-29-13-10-26-48(53)49-27-11-14-30-54(49)61/h1-40H. The smallest absolute Gasteiger partial charge is 0.137 e. The zero-order valence-electron chi connectivity index (χ0n) is 34.9. The van der Waals surface area contributed by atoms with Gasteiger partial charge in [-0.05, 0) is 117 Å². The highest BCUT2D eigenvalue weighted by Gasteiger charge is 2.46. The number of hydrogen-bond acceptors (Lipinski definition) is 2. The Balaban J connectivity index is 1.10. The average Bonchev–Trinajstić information content (AvgIpc) is 4.01. The maximum atomic E-state index is 6.71. The van der Waals surface area contributed by atoms with E-state index in [1.807, 2.05) is 0 Å². The van der Waals surface area contributed by atoms with Crippen LogP contribution < -0.4 is 4.90 Å². The molecule has 64 heavy (non-hydrogen) atoms. The maximum absolute atomic E-state index is 6.71. The van der Waals surface area contributed by atoms with Crippen LogP contribution in [-0.2, 0) is 5.41 Å². The molecule has 0 spiro atoms. The topological polar surface area (TPSA) is 21.3 Å². The predicted octanol–water partition coefficient (Wildman–Crippen LogP) is 16.2. The lowest BCUT2D eigenvalue weighted by molar-refractivity contribution is 0.669. The minimum absolute atomic E-state index is 0.553. The largest absolute Gasteiger partial charge is 0.456 e. The van der Waals surface area contributed by atoms with Crippen LogP contribution >= 0.6 is 0 Å². The lowest BCUT2D eigenvalue weighted by atomic mass is 9.67. The number of para-hydroxylation sites is 2. The third-order valence-corrected chi connectivity index (χ3v) is 13.4. The van der Waals surface area contributed by atoms with Gasteiger partial charge in [-0.2, -0.15) is 0 Å². The number of hydrogen-bond donors (Lipinski definition) is 0. The van der Waals surface area contributed by atoms with E-state index in [9.17, 15) is 0 Å². The summed E-state index contributed by atoms with van der Waals surface area (Å²) in [5, 5.41) is 4.54. The molecule has 0 atom stereocenters. The van der Waals surface area contributed by atoms with Gasteiger partial charge in [-0.1, -0.05) is 170 Å². The number of anilines is 3. The van der Waals surface area contributed by atoms with Crippen molar-refractivity contribution in [1.29, 1.82) is 0 Å². The van der Waals surface area contributed by atoms with Gasteiger partial charge in [0.1, 0.15) is 11.2 Å². The van der Waals surface area contributed by atoms with Gasteiger partial charge in [0, 0.05) is 33.2 Å². The molecule has 0 unspecified atom stereocenters. The Morgan fingerprint density at radius 2 is 1.00 bits per heavy atom. The van der Waals surface area contributed by atoms with E-state index in [-0.39, 0.29) is 0 Å². The molecule has 0 N–H and O–H groups in total. The van der Waals surface area contributed by atoms with Gasteiger partial charge in [-0.3, -0.25) is 0 Å². The van der Waals surface area contributed by atoms with Crippen molar-refractivity contribution in [2.24, 2.45) is 0 Å². The molecule has 2 heterocycles. The number of furan rings is 1. The fourth-order valence-corrected chi connectivity index (χ4v) is 10.8. The SMILES string of the molecule is c1ccc(-c2ccc3oc4cccc(N(c5cccc(C6(c7ccccc7)c7ccccc7-c7ccccc76)c5)c5ccc6c(c5)c5ccccc5n6-c5ccccc5)c4c3c2)cc1. The Bertz CT molecular complexity index is 3690. The minimum Gasteiger partial charge on any atom is -0.456 e. The second-order valence-electron chi connectivity index (χ2n) is 16.8. The van der Waals surface area contributed by atoms with Crippen molar-refractivity contribution < 1.29 is 4.42 Å². The third-order valence-electron chi connectivity index (χ3n) is 13.4. The van der Waals surface area contributed by atoms with Gasteiger partial charge in [0.05, 0.1) is 27.5 Å². The number of fused-ring (bicyclic) bond motifs is 9. The summed E-state index contributed by atoms with van der Waals surface area (Å²) in [6, 6.07) is 88.3. The Kier molecular flexibility index (Phi) is 8.13. The van der Waals surface area contributed by atoms with Gasteiger partial charge < -0.3 is 13.9 Å². The van der Waals surface area contributed by atoms with Gasteiger partial charge in [-0.15, -0.1) is 0 Å². The summed E-state index contributed by atoms with van der Waals surface area (Å²) in [6.07, 6.45) is 0. The van der Waals surface area contributed by atoms with Crippen LogP contribution in [0.2, 0.25) is 0 Å². The van der Waals surface area contributed by atoms with Gasteiger partial charge in [0.15, 0.2) is 0 Å². The van der Waals surface area contributed by atoms with E-state index in [0.717, 1.165) is 55.8 Å². The zero-order chi connectivity index (χ0) is 42.2. The molecule has 10 aromatic carbocycles. The highest BCUT2D eigenvalue weighted by Crippen LogP contribution is 2.57. The molecule has 3 heteroatoms. The number of nitrogens with zero attached hydrogens (tertiary/aromatic N) is 2. The summed E-state index contributed by atoms with van der Waals surface area (Å²) >= 11 is 0. The maximum Gasteiger partial charge on any atom is 0.137 e. The van der Waals surface area contributed by atoms with Crippen LogP contribution in [0.5, 0.6) is 0 Å². The highest BCUT2D eigenvalue weighted by atomic mass is 16.3. The minimum atomic E-state index is -0.553. The summed E-state index contributed by atoms with van der Waals surface area (Å²) in [5.74, 6) is 0. The molecule has 2 aromatic heterocycles. The molecule has 0 saturated carbocycles. The first kappa shape index (κ1) is 36.3. The van der Waals surface area contributed by atoms with E-state index in [1.165, 1.54) is 55.2 Å². The fourth-order valence-electron chi connectivity index (χ4n) is 10.8. The van der Waals surface area contributed by atoms with Crippen molar-refractivity contribution in [3.05, 3.63) is 265 Å². The Morgan fingerprint density at radius 3 is 1.78 bits per heavy atom. The Morgan fingerprint density at radius 1 is 0.375 bits per heavy atom. The van der Waals surface area contributed by atoms with Gasteiger partial charge >= 0.3 is 0 Å². The molecule has 0 saturated heterocycles. The molecule has 1 aliphatic carbocycles. The van der Waals surface area contributed by atoms with Crippen LogP contribution in [0.1, 0.15) is 22.3 Å². The molecule has 1 aliphatic rings. The van der Waals surface area contributed by atoms with Gasteiger partial charge in [0.2, 0.25) is 0 Å². The summed E-state index contributed by atoms with van der Waals surface area (Å²) in [4.78, 5) is 2.45. The summed E-state index contributed by atoms with van der Waals surface area (Å²) in [7, 11) is 0. The normalized spacial score (nSPS) is 12.8. The second-order valence-corrected chi connectivity index (χ2v) is 16.8. The molecule has 0 radical (unpaired) electrons. The molecule has 0 fully saturated rings. The zero-order valence-corrected chi connectivity index (χ0v) is 34.9.